The summed E-state index contributed by atoms with van der Waals surface area (Å²) in [4.78, 5) is 70.1. The molecule has 1 atom stereocenters. The van der Waals surface area contributed by atoms with Crippen LogP contribution in [-0.4, -0.2) is 94.5 Å². The molecule has 5 aromatic carbocycles. The number of halogens is 15. The minimum atomic E-state index is -3.22. The zero-order valence-corrected chi connectivity index (χ0v) is 65.9. The van der Waals surface area contributed by atoms with Crippen molar-refractivity contribution < 1.29 is 69.6 Å². The number of carbonyl (C=O) groups is 2. The van der Waals surface area contributed by atoms with Gasteiger partial charge in [-0.2, -0.15) is 0 Å². The number of methoxy groups -OCH3 is 1. The number of pyridine rings is 1. The Morgan fingerprint density at radius 1 is 0.602 bits per heavy atom. The highest BCUT2D eigenvalue weighted by molar-refractivity contribution is 14.1. The highest BCUT2D eigenvalue weighted by Crippen LogP contribution is 2.61. The Morgan fingerprint density at radius 2 is 1.02 bits per heavy atom. The number of aliphatic hydroxyl groups is 1. The average molecular weight is 1800 g/mol. The largest absolute Gasteiger partial charge is 0.468 e. The van der Waals surface area contributed by atoms with Crippen molar-refractivity contribution in [2.75, 3.05) is 32.2 Å². The number of rotatable bonds is 8. The van der Waals surface area contributed by atoms with Gasteiger partial charge in [0.25, 0.3) is 5.56 Å². The second-order valence-corrected chi connectivity index (χ2v) is 32.5. The van der Waals surface area contributed by atoms with Crippen LogP contribution in [-0.2, 0) is 95.4 Å². The number of nitrogen functional groups attached to an aromatic ring is 1. The molecule has 0 radical (unpaired) electrons. The Hall–Kier alpha value is -7.24. The number of benzene rings is 5. The molecule has 0 aliphatic carbocycles. The first-order valence-corrected chi connectivity index (χ1v) is 38.8. The van der Waals surface area contributed by atoms with Crippen LogP contribution in [0.5, 0.6) is 0 Å². The van der Waals surface area contributed by atoms with Crippen molar-refractivity contribution in [2.45, 2.75) is 66.7 Å². The molecule has 15 rings (SSSR count). The van der Waals surface area contributed by atoms with Gasteiger partial charge in [-0.3, -0.25) is 29.3 Å². The first kappa shape index (κ1) is 86.4. The van der Waals surface area contributed by atoms with E-state index in [-0.39, 0.29) is 95.8 Å². The fourth-order valence-corrected chi connectivity index (χ4v) is 11.5. The minimum Gasteiger partial charge on any atom is -0.468 e. The molecular weight excluding hydrogens is 1740 g/mol. The molecule has 568 valence electrons. The van der Waals surface area contributed by atoms with E-state index in [4.69, 9.17) is 110 Å². The van der Waals surface area contributed by atoms with Crippen molar-refractivity contribution in [3.05, 3.63) is 239 Å². The van der Waals surface area contributed by atoms with Gasteiger partial charge in [0.15, 0.2) is 23.3 Å². The van der Waals surface area contributed by atoms with E-state index in [0.29, 0.717) is 104 Å². The van der Waals surface area contributed by atoms with Crippen LogP contribution in [0.4, 0.5) is 33.5 Å². The molecule has 5 aliphatic rings. The number of nitrogens with one attached hydrogen (secondary N) is 3. The first-order valence-electron chi connectivity index (χ1n) is 31.0. The van der Waals surface area contributed by atoms with Crippen LogP contribution in [0.3, 0.4) is 0 Å². The summed E-state index contributed by atoms with van der Waals surface area (Å²) in [6.45, 7) is 7.13. The molecule has 0 amide bonds. The second-order valence-electron chi connectivity index (χ2n) is 22.3. The van der Waals surface area contributed by atoms with Crippen LogP contribution in [0.25, 0.3) is 45.6 Å². The third-order valence-electron chi connectivity index (χ3n) is 14.8. The zero-order chi connectivity index (χ0) is 78.7. The number of nitrogens with zero attached hydrogens (tertiary/aromatic N) is 8. The Labute approximate surface area is 670 Å². The standard InChI is InChI=1S/C18H14ClFN4O.C12H7Cl2FN2O.C12H7ClFIN2O.C12H8ClFN2O2.C7H6ClFN2.C6H8O4.C2H6O.Cl3OP/c1-10-7-21-5-4-15(10)22-18-13-8-25-9-16(13)23-17(24-18)12-6-11(19)2-3-14(12)20;13-6-1-2-9(15)7(3-6)12-16-10-5-18-4-8(10)11(14)17-12;13-6-1-2-9(14)7(3-6)12-16-10-5-18-4-8(10)11(15)17-12;13-6-1-2-9(14)7(3-6)11-15-10-5-18-4-8(10)12(17)16-11;8-4-1-2-6(9)5(3-4)7(10)11;1-9-6(8)4-2-10-3-5(4)7;1-2-3;1-5(2,3)4/h2-7H,8-9H2,1H3,(H,21,22,23,24);2*1-3H,4-5H2;1-3H,4-5H2,(H,15,16,17);1-3H,(H3,10,11);4H,2-3H2,1H3;3H,2H2,1H3;. The van der Waals surface area contributed by atoms with E-state index >= 15 is 0 Å². The van der Waals surface area contributed by atoms with Crippen LogP contribution >= 0.6 is 131 Å². The average Bonchev–Trinajstić information content (AvgIpc) is 1.29. The smallest absolute Gasteiger partial charge is 0.339 e. The monoisotopic (exact) mass is 1800 g/mol. The van der Waals surface area contributed by atoms with Gasteiger partial charge in [0, 0.05) is 66.5 Å². The lowest BCUT2D eigenvalue weighted by Crippen LogP contribution is -2.23. The molecule has 6 N–H and O–H groups in total. The molecule has 5 aromatic heterocycles. The number of hydrogen-bond donors (Lipinski definition) is 5. The molecule has 0 spiro atoms. The summed E-state index contributed by atoms with van der Waals surface area (Å²) in [7, 11) is 1.26. The number of aliphatic hydroxyl groups excluding tert-OH is 1. The zero-order valence-electron chi connectivity index (χ0n) is 56.0. The number of aromatic nitrogens is 9. The maximum Gasteiger partial charge on any atom is 0.339 e. The summed E-state index contributed by atoms with van der Waals surface area (Å²) < 4.78 is 109. The molecule has 108 heavy (non-hydrogen) atoms. The van der Waals surface area contributed by atoms with Gasteiger partial charge < -0.3 is 49.6 Å². The molecule has 0 bridgehead atoms. The predicted molar refractivity (Wildman–Crippen MR) is 408 cm³/mol. The highest BCUT2D eigenvalue weighted by Gasteiger charge is 2.33. The Balaban J connectivity index is 0.000000163. The molecule has 1 unspecified atom stereocenters. The quantitative estimate of drug-likeness (QED) is 0.0138. The van der Waals surface area contributed by atoms with Crippen molar-refractivity contribution in [3.63, 3.8) is 0 Å². The number of amidine groups is 1. The Morgan fingerprint density at radius 3 is 1.49 bits per heavy atom. The lowest BCUT2D eigenvalue weighted by molar-refractivity contribution is -0.147. The molecule has 1 saturated heterocycles. The number of anilines is 2. The summed E-state index contributed by atoms with van der Waals surface area (Å²) in [6, 6.07) is 22.8. The normalized spacial score (nSPS) is 13.8. The van der Waals surface area contributed by atoms with Crippen LogP contribution < -0.4 is 16.6 Å². The summed E-state index contributed by atoms with van der Waals surface area (Å²) in [5, 5.41) is 16.9. The Kier molecular flexibility index (Phi) is 32.5. The molecule has 10 aromatic rings. The van der Waals surface area contributed by atoms with Gasteiger partial charge in [-0.1, -0.05) is 69.6 Å². The van der Waals surface area contributed by atoms with Crippen molar-refractivity contribution in [3.8, 4) is 45.6 Å². The summed E-state index contributed by atoms with van der Waals surface area (Å²) in [6.07, 6.45) is 3.46. The van der Waals surface area contributed by atoms with Crippen molar-refractivity contribution in [2.24, 2.45) is 11.7 Å². The van der Waals surface area contributed by atoms with Crippen LogP contribution in [0, 0.1) is 51.0 Å². The number of Topliss-reactive ketones (excluding diaryl/α,β-unsaturated/α-hetero) is 1. The van der Waals surface area contributed by atoms with Gasteiger partial charge in [0.1, 0.15) is 67.9 Å². The van der Waals surface area contributed by atoms with E-state index < -0.39 is 40.4 Å². The lowest BCUT2D eigenvalue weighted by Gasteiger charge is -2.13. The predicted octanol–water partition coefficient (Wildman–Crippen LogP) is 17.8. The molecule has 1 fully saturated rings. The number of fused-ring (bicyclic) bond motifs is 4. The first-order chi connectivity index (χ1) is 51.3. The molecule has 23 nitrogen and oxygen atoms in total. The van der Waals surface area contributed by atoms with E-state index in [0.717, 1.165) is 43.0 Å². The van der Waals surface area contributed by atoms with Crippen LogP contribution in [0.2, 0.25) is 30.3 Å². The SMILES string of the molecule is CCO.COC(=O)C1COCC1=O.Cc1cnccc1Nc1nc(-c2cc(Cl)ccc2F)nc2c1COC2.Fc1ccc(Cl)cc1-c1nc(Cl)c2c(n1)COC2.Fc1ccc(Cl)cc1-c1nc(I)c2c(n1)COC2.N=C(N)c1cc(Cl)ccc1F.O=P(Cl)(Cl)Cl.O=c1[nH]c(-c2cc(Cl)ccc2F)nc2c1COC2. The minimum absolute atomic E-state index is 0.0394. The van der Waals surface area contributed by atoms with Crippen molar-refractivity contribution >= 4 is 160 Å². The molecule has 5 aliphatic heterocycles. The molecule has 39 heteroatoms. The number of ether oxygens (including phenoxy) is 6. The van der Waals surface area contributed by atoms with Gasteiger partial charge in [-0.05, 0) is 173 Å². The second kappa shape index (κ2) is 40.6. The van der Waals surface area contributed by atoms with E-state index in [1.165, 1.54) is 98.1 Å². The molecular formula is C69H56Cl9F5IN12O11P. The summed E-state index contributed by atoms with van der Waals surface area (Å²) >= 11 is 51.1. The van der Waals surface area contributed by atoms with Crippen molar-refractivity contribution in [1.82, 2.24) is 44.9 Å². The third kappa shape index (κ3) is 24.4. The number of H-pyrrole nitrogens is 1. The van der Waals surface area contributed by atoms with Crippen LogP contribution in [0.1, 0.15) is 63.1 Å². The number of ketones is 1. The highest BCUT2D eigenvalue weighted by atomic mass is 127. The van der Waals surface area contributed by atoms with E-state index in [9.17, 15) is 40.9 Å². The van der Waals surface area contributed by atoms with Gasteiger partial charge in [-0.15, -0.1) is 0 Å². The molecule has 0 saturated carbocycles. The topological polar surface area (TPSA) is 325 Å². The van der Waals surface area contributed by atoms with Crippen LogP contribution in [0.15, 0.2) is 114 Å². The van der Waals surface area contributed by atoms with Crippen molar-refractivity contribution in [1.29, 1.82) is 5.41 Å². The van der Waals surface area contributed by atoms with E-state index in [2.05, 4.69) is 111 Å². The van der Waals surface area contributed by atoms with Gasteiger partial charge in [0.05, 0.1) is 123 Å². The maximum atomic E-state index is 14.2. The Bertz CT molecular complexity index is 4970. The molecule has 10 heterocycles. The van der Waals surface area contributed by atoms with E-state index in [1.54, 1.807) is 19.3 Å². The number of aromatic amines is 1. The van der Waals surface area contributed by atoms with E-state index in [1.807, 2.05) is 13.0 Å². The number of carbonyl (C=O) groups excluding carboxylic acids is 2. The number of esters is 1. The van der Waals surface area contributed by atoms with Gasteiger partial charge in [-0.25, -0.2) is 56.8 Å². The number of aryl methyl sites for hydroxylation is 1. The van der Waals surface area contributed by atoms with Gasteiger partial charge >= 0.3 is 11.2 Å². The van der Waals surface area contributed by atoms with Gasteiger partial charge in [0.2, 0.25) is 0 Å². The summed E-state index contributed by atoms with van der Waals surface area (Å²) in [5.41, 5.74) is 13.6. The number of hydrogen-bond acceptors (Lipinski definition) is 21. The number of nitrogens with two attached hydrogens (primary N) is 1. The fourth-order valence-electron chi connectivity index (χ4n) is 9.67. The third-order valence-corrected chi connectivity index (χ3v) is 17.2. The maximum absolute atomic E-state index is 14.2. The summed E-state index contributed by atoms with van der Waals surface area (Å²) in [5.74, 6) is -2.30. The fraction of sp³-hybridized carbons (Fsp3) is 0.217. The lowest BCUT2D eigenvalue weighted by atomic mass is 10.1.